The number of nitrogens with two attached hydrogens (primary N) is 1. The standard InChI is InChI=1S/C17H24N6O3/c18-8-12(16(24)22-10-14(19)17(25)26)9-20-7-5-13-4-3-11-2-1-6-21-15(11)23-13/h3-4,8-9,14,18,20H,1-2,5-7,10,19H2,(H,21,23)(H,22,24)(H,25,26)/b12-9+,18-8?/t14-/m0/s1. The lowest BCUT2D eigenvalue weighted by Crippen LogP contribution is -2.43. The highest BCUT2D eigenvalue weighted by Crippen LogP contribution is 2.19. The van der Waals surface area contributed by atoms with E-state index in [1.807, 2.05) is 6.07 Å². The Morgan fingerprint density at radius 1 is 1.46 bits per heavy atom. The molecule has 1 aromatic rings. The molecule has 0 saturated carbocycles. The first-order valence-corrected chi connectivity index (χ1v) is 8.44. The number of rotatable bonds is 9. The second kappa shape index (κ2) is 9.52. The third-order valence-electron chi connectivity index (χ3n) is 3.95. The van der Waals surface area contributed by atoms with Gasteiger partial charge in [0.05, 0.1) is 5.57 Å². The average Bonchev–Trinajstić information content (AvgIpc) is 2.65. The summed E-state index contributed by atoms with van der Waals surface area (Å²) in [4.78, 5) is 27.1. The summed E-state index contributed by atoms with van der Waals surface area (Å²) in [6.45, 7) is 1.28. The number of nitrogens with one attached hydrogen (secondary N) is 4. The number of hydrogen-bond donors (Lipinski definition) is 6. The van der Waals surface area contributed by atoms with Gasteiger partial charge in [-0.25, -0.2) is 4.98 Å². The topological polar surface area (TPSA) is 153 Å². The number of aryl methyl sites for hydroxylation is 1. The Hall–Kier alpha value is -2.94. The maximum Gasteiger partial charge on any atom is 0.322 e. The number of carbonyl (C=O) groups excluding carboxylic acids is 1. The van der Waals surface area contributed by atoms with Crippen LogP contribution < -0.4 is 21.7 Å². The van der Waals surface area contributed by atoms with Crippen molar-refractivity contribution in [3.63, 3.8) is 0 Å². The van der Waals surface area contributed by atoms with Crippen LogP contribution in [-0.2, 0) is 22.4 Å². The van der Waals surface area contributed by atoms with E-state index in [9.17, 15) is 9.59 Å². The molecule has 9 heteroatoms. The first-order valence-electron chi connectivity index (χ1n) is 8.44. The largest absolute Gasteiger partial charge is 0.480 e. The highest BCUT2D eigenvalue weighted by atomic mass is 16.4. The van der Waals surface area contributed by atoms with Gasteiger partial charge in [0.1, 0.15) is 11.9 Å². The quantitative estimate of drug-likeness (QED) is 0.200. The van der Waals surface area contributed by atoms with Crippen LogP contribution in [0.1, 0.15) is 17.7 Å². The summed E-state index contributed by atoms with van der Waals surface area (Å²) in [5.74, 6) is -0.810. The summed E-state index contributed by atoms with van der Waals surface area (Å²) < 4.78 is 0. The van der Waals surface area contributed by atoms with Crippen molar-refractivity contribution in [1.29, 1.82) is 5.41 Å². The number of amides is 1. The van der Waals surface area contributed by atoms with Gasteiger partial charge in [-0.05, 0) is 24.5 Å². The molecule has 1 amide bonds. The predicted octanol–water partition coefficient (Wildman–Crippen LogP) is -0.367. The predicted molar refractivity (Wildman–Crippen MR) is 98.2 cm³/mol. The van der Waals surface area contributed by atoms with Crippen LogP contribution in [0.4, 0.5) is 5.82 Å². The van der Waals surface area contributed by atoms with Crippen molar-refractivity contribution in [1.82, 2.24) is 15.6 Å². The SMILES string of the molecule is N=C/C(=C\NCCc1ccc2c(n1)NCCC2)C(=O)NC[C@H](N)C(=O)O. The summed E-state index contributed by atoms with van der Waals surface area (Å²) >= 11 is 0. The fourth-order valence-corrected chi connectivity index (χ4v) is 2.46. The number of aliphatic carboxylic acids is 1. The molecule has 1 aromatic heterocycles. The first-order chi connectivity index (χ1) is 12.5. The number of carboxylic acids is 1. The van der Waals surface area contributed by atoms with Gasteiger partial charge in [0.25, 0.3) is 5.91 Å². The zero-order chi connectivity index (χ0) is 18.9. The van der Waals surface area contributed by atoms with Crippen LogP contribution in [0.2, 0.25) is 0 Å². The normalized spacial score (nSPS) is 14.6. The second-order valence-corrected chi connectivity index (χ2v) is 5.94. The number of carboxylic acid groups (broad SMARTS) is 1. The zero-order valence-electron chi connectivity index (χ0n) is 14.4. The Morgan fingerprint density at radius 2 is 2.27 bits per heavy atom. The molecule has 1 aliphatic rings. The van der Waals surface area contributed by atoms with E-state index in [1.165, 1.54) is 11.8 Å². The lowest BCUT2D eigenvalue weighted by atomic mass is 10.1. The Balaban J connectivity index is 1.81. The highest BCUT2D eigenvalue weighted by molar-refractivity contribution is 6.11. The summed E-state index contributed by atoms with van der Waals surface area (Å²) in [5, 5.41) is 24.6. The average molecular weight is 360 g/mol. The summed E-state index contributed by atoms with van der Waals surface area (Å²) in [7, 11) is 0. The van der Waals surface area contributed by atoms with Gasteiger partial charge in [0.15, 0.2) is 0 Å². The maximum atomic E-state index is 11.9. The summed E-state index contributed by atoms with van der Waals surface area (Å²) in [6.07, 6.45) is 5.15. The third kappa shape index (κ3) is 5.55. The molecule has 9 nitrogen and oxygen atoms in total. The minimum Gasteiger partial charge on any atom is -0.480 e. The van der Waals surface area contributed by atoms with Gasteiger partial charge in [-0.2, -0.15) is 0 Å². The number of carbonyl (C=O) groups is 2. The van der Waals surface area contributed by atoms with Crippen molar-refractivity contribution in [3.8, 4) is 0 Å². The number of aromatic nitrogens is 1. The molecule has 0 fully saturated rings. The van der Waals surface area contributed by atoms with E-state index in [0.717, 1.165) is 37.1 Å². The van der Waals surface area contributed by atoms with E-state index < -0.39 is 17.9 Å². The van der Waals surface area contributed by atoms with E-state index in [2.05, 4.69) is 27.0 Å². The van der Waals surface area contributed by atoms with Crippen LogP contribution in [-0.4, -0.2) is 53.9 Å². The number of hydrogen-bond acceptors (Lipinski definition) is 7. The van der Waals surface area contributed by atoms with Gasteiger partial charge in [0.2, 0.25) is 0 Å². The molecule has 0 spiro atoms. The van der Waals surface area contributed by atoms with Crippen molar-refractivity contribution >= 4 is 23.9 Å². The number of pyridine rings is 1. The highest BCUT2D eigenvalue weighted by Gasteiger charge is 2.14. The van der Waals surface area contributed by atoms with Crippen LogP contribution in [0.5, 0.6) is 0 Å². The van der Waals surface area contributed by atoms with Gasteiger partial charge < -0.3 is 32.2 Å². The molecule has 0 aromatic carbocycles. The van der Waals surface area contributed by atoms with Crippen LogP contribution in [0.15, 0.2) is 23.9 Å². The number of nitrogens with zero attached hydrogens (tertiary/aromatic N) is 1. The van der Waals surface area contributed by atoms with Gasteiger partial charge in [0, 0.05) is 44.2 Å². The van der Waals surface area contributed by atoms with Crippen molar-refractivity contribution < 1.29 is 14.7 Å². The van der Waals surface area contributed by atoms with E-state index in [4.69, 9.17) is 16.2 Å². The van der Waals surface area contributed by atoms with E-state index in [-0.39, 0.29) is 12.1 Å². The van der Waals surface area contributed by atoms with Crippen molar-refractivity contribution in [3.05, 3.63) is 35.2 Å². The van der Waals surface area contributed by atoms with Gasteiger partial charge in [-0.3, -0.25) is 9.59 Å². The fourth-order valence-electron chi connectivity index (χ4n) is 2.46. The van der Waals surface area contributed by atoms with Crippen molar-refractivity contribution in [2.24, 2.45) is 5.73 Å². The molecule has 1 aliphatic heterocycles. The molecule has 140 valence electrons. The molecular formula is C17H24N6O3. The monoisotopic (exact) mass is 360 g/mol. The first kappa shape index (κ1) is 19.4. The zero-order valence-corrected chi connectivity index (χ0v) is 14.4. The summed E-state index contributed by atoms with van der Waals surface area (Å²) in [6, 6.07) is 2.90. The molecule has 0 radical (unpaired) electrons. The fraction of sp³-hybridized carbons (Fsp3) is 0.412. The number of fused-ring (bicyclic) bond motifs is 1. The molecule has 0 bridgehead atoms. The van der Waals surface area contributed by atoms with Gasteiger partial charge in [-0.1, -0.05) is 6.07 Å². The number of anilines is 1. The van der Waals surface area contributed by atoms with E-state index in [0.29, 0.717) is 13.0 Å². The Bertz CT molecular complexity index is 704. The summed E-state index contributed by atoms with van der Waals surface area (Å²) in [5.41, 5.74) is 7.58. The molecule has 2 rings (SSSR count). The second-order valence-electron chi connectivity index (χ2n) is 5.94. The minimum atomic E-state index is -1.20. The molecule has 1 atom stereocenters. The van der Waals surface area contributed by atoms with E-state index >= 15 is 0 Å². The molecule has 7 N–H and O–H groups in total. The van der Waals surface area contributed by atoms with Crippen molar-refractivity contribution in [2.45, 2.75) is 25.3 Å². The van der Waals surface area contributed by atoms with Crippen LogP contribution >= 0.6 is 0 Å². The van der Waals surface area contributed by atoms with Gasteiger partial charge >= 0.3 is 5.97 Å². The van der Waals surface area contributed by atoms with Crippen LogP contribution in [0.25, 0.3) is 0 Å². The lowest BCUT2D eigenvalue weighted by Gasteiger charge is -2.17. The molecule has 2 heterocycles. The molecule has 0 unspecified atom stereocenters. The van der Waals surface area contributed by atoms with Crippen LogP contribution in [0, 0.1) is 5.41 Å². The Kier molecular flexibility index (Phi) is 7.10. The maximum absolute atomic E-state index is 11.9. The van der Waals surface area contributed by atoms with Crippen LogP contribution in [0.3, 0.4) is 0 Å². The van der Waals surface area contributed by atoms with Gasteiger partial charge in [-0.15, -0.1) is 0 Å². The minimum absolute atomic E-state index is 0.0858. The lowest BCUT2D eigenvalue weighted by molar-refractivity contribution is -0.138. The molecular weight excluding hydrogens is 336 g/mol. The molecule has 0 saturated heterocycles. The molecule has 0 aliphatic carbocycles. The smallest absolute Gasteiger partial charge is 0.322 e. The van der Waals surface area contributed by atoms with Crippen molar-refractivity contribution in [2.75, 3.05) is 25.0 Å². The molecule has 26 heavy (non-hydrogen) atoms. The Morgan fingerprint density at radius 3 is 3.00 bits per heavy atom. The Labute approximate surface area is 151 Å². The third-order valence-corrected chi connectivity index (χ3v) is 3.95. The van der Waals surface area contributed by atoms with E-state index in [1.54, 1.807) is 0 Å².